The predicted octanol–water partition coefficient (Wildman–Crippen LogP) is 4.40. The van der Waals surface area contributed by atoms with E-state index in [-0.39, 0.29) is 12.5 Å². The Hall–Kier alpha value is -1.49. The summed E-state index contributed by atoms with van der Waals surface area (Å²) < 4.78 is 0. The first-order chi connectivity index (χ1) is 13.0. The maximum absolute atomic E-state index is 13.3. The van der Waals surface area contributed by atoms with Crippen LogP contribution in [0.5, 0.6) is 0 Å². The smallest absolute Gasteiger partial charge is 0.230 e. The van der Waals surface area contributed by atoms with Gasteiger partial charge < -0.3 is 10.4 Å². The Morgan fingerprint density at radius 3 is 2.56 bits per heavy atom. The highest BCUT2D eigenvalue weighted by molar-refractivity contribution is 7.98. The van der Waals surface area contributed by atoms with Crippen LogP contribution >= 0.6 is 23.4 Å². The second kappa shape index (κ2) is 7.50. The van der Waals surface area contributed by atoms with E-state index in [1.165, 1.54) is 0 Å². The van der Waals surface area contributed by atoms with Crippen LogP contribution in [0, 0.1) is 0 Å². The SMILES string of the molecule is O=C(NCC1(O)CSCc2ccccc21)C1(c2ccc(Cl)cc2)CCCC1. The number of rotatable bonds is 4. The lowest BCUT2D eigenvalue weighted by Gasteiger charge is -2.36. The lowest BCUT2D eigenvalue weighted by Crippen LogP contribution is -2.50. The fourth-order valence-electron chi connectivity index (χ4n) is 4.44. The molecular weight excluding hydrogens is 378 g/mol. The van der Waals surface area contributed by atoms with Crippen LogP contribution in [0.2, 0.25) is 5.02 Å². The number of fused-ring (bicyclic) bond motifs is 1. The van der Waals surface area contributed by atoms with Gasteiger partial charge >= 0.3 is 0 Å². The molecule has 1 aliphatic heterocycles. The third-order valence-corrected chi connectivity index (χ3v) is 7.40. The van der Waals surface area contributed by atoms with Crippen molar-refractivity contribution in [3.05, 3.63) is 70.2 Å². The van der Waals surface area contributed by atoms with Gasteiger partial charge in [-0.2, -0.15) is 11.8 Å². The lowest BCUT2D eigenvalue weighted by molar-refractivity contribution is -0.127. The van der Waals surface area contributed by atoms with Gasteiger partial charge in [-0.3, -0.25) is 4.79 Å². The minimum atomic E-state index is -1.02. The number of benzene rings is 2. The monoisotopic (exact) mass is 401 g/mol. The van der Waals surface area contributed by atoms with Gasteiger partial charge in [0.15, 0.2) is 0 Å². The van der Waals surface area contributed by atoms with Gasteiger partial charge in [0.1, 0.15) is 5.60 Å². The molecule has 0 bridgehead atoms. The highest BCUT2D eigenvalue weighted by Gasteiger charge is 2.44. The maximum Gasteiger partial charge on any atom is 0.230 e. The molecule has 2 aromatic carbocycles. The molecule has 2 aromatic rings. The number of carbonyl (C=O) groups is 1. The molecule has 0 radical (unpaired) electrons. The Bertz CT molecular complexity index is 832. The Morgan fingerprint density at radius 1 is 1.11 bits per heavy atom. The molecule has 1 heterocycles. The van der Waals surface area contributed by atoms with E-state index in [1.807, 2.05) is 42.5 Å². The summed E-state index contributed by atoms with van der Waals surface area (Å²) >= 11 is 7.75. The fraction of sp³-hybridized carbons (Fsp3) is 0.409. The van der Waals surface area contributed by atoms with Crippen molar-refractivity contribution in [3.8, 4) is 0 Å². The molecule has 2 aliphatic rings. The largest absolute Gasteiger partial charge is 0.382 e. The molecule has 5 heteroatoms. The van der Waals surface area contributed by atoms with Crippen molar-refractivity contribution in [3.63, 3.8) is 0 Å². The quantitative estimate of drug-likeness (QED) is 0.798. The number of thioether (sulfide) groups is 1. The summed E-state index contributed by atoms with van der Waals surface area (Å²) in [6.07, 6.45) is 3.76. The average Bonchev–Trinajstić information content (AvgIpc) is 3.18. The van der Waals surface area contributed by atoms with Crippen LogP contribution in [-0.2, 0) is 21.6 Å². The summed E-state index contributed by atoms with van der Waals surface area (Å²) in [6.45, 7) is 0.241. The molecule has 1 unspecified atom stereocenters. The van der Waals surface area contributed by atoms with Crippen molar-refractivity contribution in [2.75, 3.05) is 12.3 Å². The Labute approximate surface area is 169 Å². The van der Waals surface area contributed by atoms with Gasteiger partial charge in [0.05, 0.1) is 12.0 Å². The maximum atomic E-state index is 13.3. The van der Waals surface area contributed by atoms with E-state index >= 15 is 0 Å². The number of hydrogen-bond donors (Lipinski definition) is 2. The number of carbonyl (C=O) groups excluding carboxylic acids is 1. The number of halogens is 1. The molecule has 1 saturated carbocycles. The standard InChI is InChI=1S/C22H24ClNO2S/c23-18-9-7-17(8-10-18)21(11-3-4-12-21)20(25)24-14-22(26)15-27-13-16-5-1-2-6-19(16)22/h1-2,5-10,26H,3-4,11-15H2,(H,24,25). The van der Waals surface area contributed by atoms with Gasteiger partial charge in [0.25, 0.3) is 0 Å². The second-order valence-electron chi connectivity index (χ2n) is 7.66. The summed E-state index contributed by atoms with van der Waals surface area (Å²) in [4.78, 5) is 13.3. The predicted molar refractivity (Wildman–Crippen MR) is 111 cm³/mol. The zero-order valence-electron chi connectivity index (χ0n) is 15.2. The number of nitrogens with one attached hydrogen (secondary N) is 1. The van der Waals surface area contributed by atoms with E-state index in [0.717, 1.165) is 48.1 Å². The summed E-state index contributed by atoms with van der Waals surface area (Å²) in [5, 5.41) is 15.0. The van der Waals surface area contributed by atoms with Gasteiger partial charge in [-0.25, -0.2) is 0 Å². The van der Waals surface area contributed by atoms with Crippen LogP contribution in [0.1, 0.15) is 42.4 Å². The topological polar surface area (TPSA) is 49.3 Å². The van der Waals surface area contributed by atoms with Crippen LogP contribution < -0.4 is 5.32 Å². The Kier molecular flexibility index (Phi) is 5.23. The summed E-state index contributed by atoms with van der Waals surface area (Å²) in [5.74, 6) is 1.52. The Morgan fingerprint density at radius 2 is 1.81 bits per heavy atom. The summed E-state index contributed by atoms with van der Waals surface area (Å²) in [5.41, 5.74) is 1.58. The van der Waals surface area contributed by atoms with Gasteiger partial charge in [-0.1, -0.05) is 60.8 Å². The highest BCUT2D eigenvalue weighted by Crippen LogP contribution is 2.42. The molecule has 1 atom stereocenters. The van der Waals surface area contributed by atoms with Crippen LogP contribution in [0.15, 0.2) is 48.5 Å². The van der Waals surface area contributed by atoms with E-state index in [2.05, 4.69) is 11.4 Å². The minimum absolute atomic E-state index is 0.0174. The molecule has 27 heavy (non-hydrogen) atoms. The highest BCUT2D eigenvalue weighted by atomic mass is 35.5. The van der Waals surface area contributed by atoms with Crippen LogP contribution in [-0.4, -0.2) is 23.3 Å². The van der Waals surface area contributed by atoms with Crippen LogP contribution in [0.25, 0.3) is 0 Å². The minimum Gasteiger partial charge on any atom is -0.382 e. The third-order valence-electron chi connectivity index (χ3n) is 5.95. The van der Waals surface area contributed by atoms with E-state index in [4.69, 9.17) is 11.6 Å². The molecule has 2 N–H and O–H groups in total. The van der Waals surface area contributed by atoms with Crippen molar-refractivity contribution < 1.29 is 9.90 Å². The van der Waals surface area contributed by atoms with E-state index < -0.39 is 11.0 Å². The van der Waals surface area contributed by atoms with Gasteiger partial charge in [0.2, 0.25) is 5.91 Å². The second-order valence-corrected chi connectivity index (χ2v) is 9.08. The van der Waals surface area contributed by atoms with Crippen molar-refractivity contribution in [2.45, 2.75) is 42.5 Å². The van der Waals surface area contributed by atoms with Gasteiger partial charge in [0, 0.05) is 16.5 Å². The molecular formula is C22H24ClNO2S. The van der Waals surface area contributed by atoms with E-state index in [0.29, 0.717) is 10.8 Å². The molecule has 0 aromatic heterocycles. The lowest BCUT2D eigenvalue weighted by atomic mass is 9.77. The zero-order chi connectivity index (χ0) is 18.9. The molecule has 4 rings (SSSR count). The molecule has 1 amide bonds. The number of amides is 1. The first-order valence-corrected chi connectivity index (χ1v) is 11.0. The number of aliphatic hydroxyl groups is 1. The van der Waals surface area contributed by atoms with Crippen LogP contribution in [0.3, 0.4) is 0 Å². The molecule has 1 fully saturated rings. The van der Waals surface area contributed by atoms with Crippen molar-refractivity contribution in [1.29, 1.82) is 0 Å². The average molecular weight is 402 g/mol. The molecule has 1 aliphatic carbocycles. The van der Waals surface area contributed by atoms with Crippen molar-refractivity contribution >= 4 is 29.3 Å². The normalized spacial score (nSPS) is 23.6. The molecule has 142 valence electrons. The third kappa shape index (κ3) is 3.51. The molecule has 0 spiro atoms. The fourth-order valence-corrected chi connectivity index (χ4v) is 5.74. The van der Waals surface area contributed by atoms with Crippen LogP contribution in [0.4, 0.5) is 0 Å². The summed E-state index contributed by atoms with van der Waals surface area (Å²) in [7, 11) is 0. The van der Waals surface area contributed by atoms with Gasteiger partial charge in [-0.15, -0.1) is 0 Å². The Balaban J connectivity index is 1.55. The zero-order valence-corrected chi connectivity index (χ0v) is 16.8. The number of hydrogen-bond acceptors (Lipinski definition) is 3. The van der Waals surface area contributed by atoms with E-state index in [9.17, 15) is 9.90 Å². The first-order valence-electron chi connectivity index (χ1n) is 9.46. The van der Waals surface area contributed by atoms with Crippen molar-refractivity contribution in [2.24, 2.45) is 0 Å². The van der Waals surface area contributed by atoms with E-state index in [1.54, 1.807) is 11.8 Å². The molecule has 3 nitrogen and oxygen atoms in total. The first kappa shape index (κ1) is 18.9. The summed E-state index contributed by atoms with van der Waals surface area (Å²) in [6, 6.07) is 15.6. The molecule has 0 saturated heterocycles. The van der Waals surface area contributed by atoms with Crippen molar-refractivity contribution in [1.82, 2.24) is 5.32 Å². The van der Waals surface area contributed by atoms with Gasteiger partial charge in [-0.05, 0) is 41.7 Å².